The van der Waals surface area contributed by atoms with Gasteiger partial charge in [-0.05, 0) is 37.5 Å². The molecule has 7 heteroatoms. The quantitative estimate of drug-likeness (QED) is 0.633. The van der Waals surface area contributed by atoms with Gasteiger partial charge in [-0.3, -0.25) is 14.4 Å². The van der Waals surface area contributed by atoms with Crippen molar-refractivity contribution in [3.8, 4) is 0 Å². The maximum atomic E-state index is 12.3. The highest BCUT2D eigenvalue weighted by Crippen LogP contribution is 2.06. The molecule has 0 bridgehead atoms. The monoisotopic (exact) mass is 338 g/mol. The van der Waals surface area contributed by atoms with Crippen molar-refractivity contribution < 1.29 is 19.5 Å². The van der Waals surface area contributed by atoms with Gasteiger partial charge in [-0.15, -0.1) is 0 Å². The number of rotatable bonds is 9. The molecule has 3 N–H and O–H groups in total. The predicted molar refractivity (Wildman–Crippen MR) is 90.7 cm³/mol. The highest BCUT2D eigenvalue weighted by Gasteiger charge is 2.21. The van der Waals surface area contributed by atoms with E-state index in [1.54, 1.807) is 30.0 Å². The van der Waals surface area contributed by atoms with Gasteiger partial charge in [0.25, 0.3) is 5.91 Å². The van der Waals surface area contributed by atoms with Gasteiger partial charge < -0.3 is 15.7 Å². The van der Waals surface area contributed by atoms with Crippen LogP contribution in [0.3, 0.4) is 0 Å². The maximum absolute atomic E-state index is 12.3. The predicted octanol–water partition coefficient (Wildman–Crippen LogP) is 1.44. The van der Waals surface area contributed by atoms with Crippen LogP contribution in [-0.4, -0.2) is 47.5 Å². The first-order chi connectivity index (χ1) is 10.9. The number of carbonyl (C=O) groups excluding carboxylic acids is 2. The molecule has 1 aromatic carbocycles. The zero-order chi connectivity index (χ0) is 17.2. The van der Waals surface area contributed by atoms with Crippen molar-refractivity contribution in [3.05, 3.63) is 35.4 Å². The molecule has 2 amide bonds. The Labute approximate surface area is 140 Å². The Morgan fingerprint density at radius 3 is 2.65 bits per heavy atom. The molecule has 1 unspecified atom stereocenters. The third-order valence-corrected chi connectivity index (χ3v) is 3.79. The molecule has 0 fully saturated rings. The van der Waals surface area contributed by atoms with Gasteiger partial charge >= 0.3 is 5.97 Å². The van der Waals surface area contributed by atoms with Gasteiger partial charge in [-0.25, -0.2) is 0 Å². The van der Waals surface area contributed by atoms with Gasteiger partial charge in [0.2, 0.25) is 5.91 Å². The summed E-state index contributed by atoms with van der Waals surface area (Å²) in [6.45, 7) is 1.94. The van der Waals surface area contributed by atoms with Gasteiger partial charge in [0.05, 0.1) is 6.42 Å². The second-order valence-electron chi connectivity index (χ2n) is 5.11. The second-order valence-corrected chi connectivity index (χ2v) is 6.10. The highest BCUT2D eigenvalue weighted by atomic mass is 32.2. The van der Waals surface area contributed by atoms with Gasteiger partial charge in [-0.2, -0.15) is 11.8 Å². The van der Waals surface area contributed by atoms with Crippen LogP contribution in [0.2, 0.25) is 0 Å². The molecule has 0 aromatic heterocycles. The normalized spacial score (nSPS) is 11.6. The van der Waals surface area contributed by atoms with Gasteiger partial charge in [0, 0.05) is 12.1 Å². The number of carboxylic acid groups (broad SMARTS) is 1. The minimum absolute atomic E-state index is 0.0459. The Morgan fingerprint density at radius 1 is 1.30 bits per heavy atom. The Bertz CT molecular complexity index is 563. The highest BCUT2D eigenvalue weighted by molar-refractivity contribution is 7.98. The number of hydrogen-bond donors (Lipinski definition) is 3. The molecule has 0 radical (unpaired) electrons. The number of amides is 2. The van der Waals surface area contributed by atoms with Crippen LogP contribution in [-0.2, 0) is 9.59 Å². The van der Waals surface area contributed by atoms with Crippen molar-refractivity contribution in [1.29, 1.82) is 0 Å². The van der Waals surface area contributed by atoms with E-state index in [4.69, 9.17) is 5.11 Å². The summed E-state index contributed by atoms with van der Waals surface area (Å²) in [4.78, 5) is 34.9. The molecule has 6 nitrogen and oxygen atoms in total. The Hall–Kier alpha value is -2.02. The summed E-state index contributed by atoms with van der Waals surface area (Å²) in [6, 6.07) is 6.44. The molecule has 1 rings (SSSR count). The first-order valence-electron chi connectivity index (χ1n) is 7.30. The van der Waals surface area contributed by atoms with Crippen molar-refractivity contribution in [2.75, 3.05) is 18.6 Å². The molecule has 0 aliphatic rings. The fourth-order valence-electron chi connectivity index (χ4n) is 1.95. The molecule has 0 saturated heterocycles. The van der Waals surface area contributed by atoms with Crippen molar-refractivity contribution in [1.82, 2.24) is 10.6 Å². The Balaban J connectivity index is 2.67. The number of thioether (sulfide) groups is 1. The van der Waals surface area contributed by atoms with Crippen molar-refractivity contribution in [2.24, 2.45) is 0 Å². The Kier molecular flexibility index (Phi) is 8.18. The lowest BCUT2D eigenvalue weighted by molar-refractivity contribution is -0.137. The van der Waals surface area contributed by atoms with Crippen LogP contribution in [0.4, 0.5) is 0 Å². The van der Waals surface area contributed by atoms with E-state index in [-0.39, 0.29) is 24.8 Å². The molecule has 1 aromatic rings. The topological polar surface area (TPSA) is 95.5 Å². The number of carbonyl (C=O) groups is 3. The molecule has 0 aliphatic heterocycles. The van der Waals surface area contributed by atoms with Crippen molar-refractivity contribution in [2.45, 2.75) is 25.8 Å². The van der Waals surface area contributed by atoms with Gasteiger partial charge in [0.15, 0.2) is 0 Å². The van der Waals surface area contributed by atoms with E-state index in [9.17, 15) is 14.4 Å². The summed E-state index contributed by atoms with van der Waals surface area (Å²) in [5.74, 6) is -0.935. The molecule has 0 heterocycles. The molecule has 23 heavy (non-hydrogen) atoms. The molecular formula is C16H22N2O4S. The van der Waals surface area contributed by atoms with Crippen LogP contribution in [0.25, 0.3) is 0 Å². The lowest BCUT2D eigenvalue weighted by atomic mass is 10.1. The zero-order valence-corrected chi connectivity index (χ0v) is 14.1. The number of aliphatic carboxylic acids is 1. The van der Waals surface area contributed by atoms with Gasteiger partial charge in [-0.1, -0.05) is 17.7 Å². The van der Waals surface area contributed by atoms with Crippen molar-refractivity contribution in [3.63, 3.8) is 0 Å². The fraction of sp³-hybridized carbons (Fsp3) is 0.438. The fourth-order valence-corrected chi connectivity index (χ4v) is 2.42. The summed E-state index contributed by atoms with van der Waals surface area (Å²) in [5, 5.41) is 13.9. The number of benzene rings is 1. The van der Waals surface area contributed by atoms with Crippen LogP contribution < -0.4 is 10.6 Å². The van der Waals surface area contributed by atoms with E-state index < -0.39 is 12.0 Å². The maximum Gasteiger partial charge on any atom is 0.305 e. The van der Waals surface area contributed by atoms with Crippen LogP contribution in [0.1, 0.15) is 28.8 Å². The molecule has 126 valence electrons. The minimum Gasteiger partial charge on any atom is -0.481 e. The van der Waals surface area contributed by atoms with Crippen LogP contribution in [0, 0.1) is 6.92 Å². The number of carboxylic acids is 1. The average molecular weight is 338 g/mol. The number of nitrogens with one attached hydrogen (secondary N) is 2. The summed E-state index contributed by atoms with van der Waals surface area (Å²) in [7, 11) is 0. The minimum atomic E-state index is -0.977. The second kappa shape index (κ2) is 9.89. The van der Waals surface area contributed by atoms with E-state index in [1.807, 2.05) is 19.2 Å². The molecule has 0 aliphatic carbocycles. The first-order valence-corrected chi connectivity index (χ1v) is 8.69. The lowest BCUT2D eigenvalue weighted by Gasteiger charge is -2.18. The number of aryl methyl sites for hydroxylation is 1. The smallest absolute Gasteiger partial charge is 0.305 e. The number of hydrogen-bond acceptors (Lipinski definition) is 4. The van der Waals surface area contributed by atoms with E-state index >= 15 is 0 Å². The summed E-state index contributed by atoms with van der Waals surface area (Å²) >= 11 is 1.58. The summed E-state index contributed by atoms with van der Waals surface area (Å²) in [6.07, 6.45) is 2.26. The van der Waals surface area contributed by atoms with E-state index in [0.717, 1.165) is 5.56 Å². The molecule has 0 saturated carbocycles. The lowest BCUT2D eigenvalue weighted by Crippen LogP contribution is -2.47. The standard InChI is InChI=1S/C16H22N2O4S/c1-11-4-3-5-12(10-11)15(21)18-13(7-9-23-2)16(22)17-8-6-14(19)20/h3-5,10,13H,6-9H2,1-2H3,(H,17,22)(H,18,21)(H,19,20). The van der Waals surface area contributed by atoms with E-state index in [1.165, 1.54) is 0 Å². The molecular weight excluding hydrogens is 316 g/mol. The van der Waals surface area contributed by atoms with E-state index in [0.29, 0.717) is 17.7 Å². The third kappa shape index (κ3) is 7.19. The van der Waals surface area contributed by atoms with Crippen molar-refractivity contribution >= 4 is 29.5 Å². The largest absolute Gasteiger partial charge is 0.481 e. The zero-order valence-electron chi connectivity index (χ0n) is 13.3. The van der Waals surface area contributed by atoms with Gasteiger partial charge in [0.1, 0.15) is 6.04 Å². The van der Waals surface area contributed by atoms with Crippen LogP contribution in [0.5, 0.6) is 0 Å². The van der Waals surface area contributed by atoms with Crippen LogP contribution in [0.15, 0.2) is 24.3 Å². The first kappa shape index (κ1) is 19.0. The summed E-state index contributed by atoms with van der Waals surface area (Å²) in [5.41, 5.74) is 1.46. The summed E-state index contributed by atoms with van der Waals surface area (Å²) < 4.78 is 0. The third-order valence-electron chi connectivity index (χ3n) is 3.15. The SMILES string of the molecule is CSCCC(NC(=O)c1cccc(C)c1)C(=O)NCCC(=O)O. The molecule has 1 atom stereocenters. The molecule has 0 spiro atoms. The van der Waals surface area contributed by atoms with Crippen LogP contribution >= 0.6 is 11.8 Å². The Morgan fingerprint density at radius 2 is 2.04 bits per heavy atom. The average Bonchev–Trinajstić information content (AvgIpc) is 2.50. The van der Waals surface area contributed by atoms with E-state index in [2.05, 4.69) is 10.6 Å².